The molecule has 0 aliphatic carbocycles. The molecule has 70 valence electrons. The van der Waals surface area contributed by atoms with Crippen LogP contribution >= 0.6 is 0 Å². The molecule has 1 rings (SSSR count). The molecule has 1 aromatic carbocycles. The monoisotopic (exact) mass is 218 g/mol. The van der Waals surface area contributed by atoms with Gasteiger partial charge >= 0.3 is 15.0 Å². The summed E-state index contributed by atoms with van der Waals surface area (Å²) in [6.45, 7) is 0. The Morgan fingerprint density at radius 3 is 2.38 bits per heavy atom. The minimum Gasteiger partial charge on any atom is -0.341 e. The standard InChI is InChI=1S/C7H6O4S2/c8-7(11-13(9,10)12)6-4-2-1-3-5-6/h1-5H,(H,9,10,12). The van der Waals surface area contributed by atoms with Crippen LogP contribution in [-0.4, -0.2) is 14.7 Å². The van der Waals surface area contributed by atoms with Gasteiger partial charge in [-0.3, -0.25) is 4.55 Å². The molecule has 4 nitrogen and oxygen atoms in total. The molecule has 0 amide bonds. The van der Waals surface area contributed by atoms with Gasteiger partial charge in [0, 0.05) is 0 Å². The van der Waals surface area contributed by atoms with Crippen LogP contribution in [-0.2, 0) is 24.4 Å². The van der Waals surface area contributed by atoms with E-state index in [0.29, 0.717) is 0 Å². The SMILES string of the molecule is O=C(OS(=O)(O)=S)c1ccccc1. The van der Waals surface area contributed by atoms with E-state index in [2.05, 4.69) is 15.4 Å². The molecule has 0 radical (unpaired) electrons. The van der Waals surface area contributed by atoms with Crippen LogP contribution in [0.3, 0.4) is 0 Å². The molecule has 1 N–H and O–H groups in total. The number of carbonyl (C=O) groups excluding carboxylic acids is 1. The molecular formula is C7H6O4S2. The summed E-state index contributed by atoms with van der Waals surface area (Å²) in [5, 5.41) is 0. The van der Waals surface area contributed by atoms with Gasteiger partial charge in [-0.05, 0) is 12.1 Å². The van der Waals surface area contributed by atoms with Gasteiger partial charge in [-0.2, -0.15) is 4.21 Å². The van der Waals surface area contributed by atoms with Gasteiger partial charge in [-0.25, -0.2) is 4.79 Å². The highest BCUT2D eigenvalue weighted by molar-refractivity contribution is 8.27. The first-order chi connectivity index (χ1) is 5.99. The van der Waals surface area contributed by atoms with Crippen LogP contribution in [0.15, 0.2) is 30.3 Å². The van der Waals surface area contributed by atoms with Gasteiger partial charge < -0.3 is 4.18 Å². The third kappa shape index (κ3) is 3.49. The minimum absolute atomic E-state index is 0.189. The Hall–Kier alpha value is -0.980. The molecular weight excluding hydrogens is 212 g/mol. The highest BCUT2D eigenvalue weighted by Gasteiger charge is 2.11. The van der Waals surface area contributed by atoms with Crippen molar-refractivity contribution in [1.29, 1.82) is 0 Å². The number of rotatable bonds is 2. The fourth-order valence-corrected chi connectivity index (χ4v) is 1.19. The number of hydrogen-bond acceptors (Lipinski definition) is 4. The molecule has 0 saturated carbocycles. The average Bonchev–Trinajstić information content (AvgIpc) is 2.03. The summed E-state index contributed by atoms with van der Waals surface area (Å²) < 4.78 is 23.1. The molecule has 0 aliphatic heterocycles. The second kappa shape index (κ2) is 3.82. The molecule has 1 atom stereocenters. The molecule has 6 heteroatoms. The third-order valence-electron chi connectivity index (χ3n) is 1.19. The summed E-state index contributed by atoms with van der Waals surface area (Å²) in [7, 11) is -3.89. The molecule has 1 aromatic rings. The van der Waals surface area contributed by atoms with E-state index >= 15 is 0 Å². The van der Waals surface area contributed by atoms with Crippen LogP contribution in [0.5, 0.6) is 0 Å². The van der Waals surface area contributed by atoms with Crippen LogP contribution in [0.1, 0.15) is 10.4 Å². The predicted molar refractivity (Wildman–Crippen MR) is 50.0 cm³/mol. The fourth-order valence-electron chi connectivity index (χ4n) is 0.718. The van der Waals surface area contributed by atoms with Crippen molar-refractivity contribution in [2.75, 3.05) is 0 Å². The number of benzene rings is 1. The van der Waals surface area contributed by atoms with Crippen molar-refractivity contribution >= 4 is 26.2 Å². The Morgan fingerprint density at radius 2 is 1.92 bits per heavy atom. The van der Waals surface area contributed by atoms with Crippen LogP contribution in [0.4, 0.5) is 0 Å². The van der Waals surface area contributed by atoms with Gasteiger partial charge in [0.15, 0.2) is 0 Å². The summed E-state index contributed by atoms with van der Waals surface area (Å²) in [4.78, 5) is 11.0. The first-order valence-corrected chi connectivity index (χ1v) is 5.62. The maximum absolute atomic E-state index is 11.0. The summed E-state index contributed by atoms with van der Waals surface area (Å²) in [6, 6.07) is 7.85. The topological polar surface area (TPSA) is 63.6 Å². The summed E-state index contributed by atoms with van der Waals surface area (Å²) in [5.74, 6) is -0.900. The Labute approximate surface area is 80.2 Å². The van der Waals surface area contributed by atoms with E-state index in [-0.39, 0.29) is 5.56 Å². The summed E-state index contributed by atoms with van der Waals surface area (Å²) >= 11 is 4.00. The van der Waals surface area contributed by atoms with Crippen molar-refractivity contribution in [2.45, 2.75) is 0 Å². The van der Waals surface area contributed by atoms with Gasteiger partial charge in [0.25, 0.3) is 0 Å². The molecule has 0 heterocycles. The Balaban J connectivity index is 2.82. The molecule has 0 saturated heterocycles. The average molecular weight is 218 g/mol. The molecule has 1 unspecified atom stereocenters. The van der Waals surface area contributed by atoms with Crippen molar-refractivity contribution in [1.82, 2.24) is 0 Å². The van der Waals surface area contributed by atoms with Crippen LogP contribution in [0.2, 0.25) is 0 Å². The van der Waals surface area contributed by atoms with Crippen LogP contribution in [0.25, 0.3) is 0 Å². The van der Waals surface area contributed by atoms with Crippen molar-refractivity contribution in [2.24, 2.45) is 0 Å². The van der Waals surface area contributed by atoms with Crippen molar-refractivity contribution in [3.63, 3.8) is 0 Å². The van der Waals surface area contributed by atoms with Gasteiger partial charge in [0.05, 0.1) is 16.8 Å². The number of hydrogen-bond donors (Lipinski definition) is 1. The quantitative estimate of drug-likeness (QED) is 0.801. The first kappa shape index (κ1) is 10.1. The van der Waals surface area contributed by atoms with Crippen molar-refractivity contribution in [3.05, 3.63) is 35.9 Å². The van der Waals surface area contributed by atoms with E-state index < -0.39 is 15.0 Å². The third-order valence-corrected chi connectivity index (χ3v) is 1.76. The summed E-state index contributed by atoms with van der Waals surface area (Å²) in [5.41, 5.74) is 0.189. The predicted octanol–water partition coefficient (Wildman–Crippen LogP) is 0.978. The van der Waals surface area contributed by atoms with E-state index in [1.165, 1.54) is 12.1 Å². The lowest BCUT2D eigenvalue weighted by molar-refractivity contribution is 0.0742. The highest BCUT2D eigenvalue weighted by Crippen LogP contribution is 2.02. The molecule has 0 spiro atoms. The van der Waals surface area contributed by atoms with Gasteiger partial charge in [-0.15, -0.1) is 0 Å². The van der Waals surface area contributed by atoms with E-state index in [1.807, 2.05) is 0 Å². The maximum atomic E-state index is 11.0. The van der Waals surface area contributed by atoms with Gasteiger partial charge in [0.2, 0.25) is 0 Å². The second-order valence-electron chi connectivity index (χ2n) is 2.16. The molecule has 0 aromatic heterocycles. The van der Waals surface area contributed by atoms with Gasteiger partial charge in [0.1, 0.15) is 0 Å². The van der Waals surface area contributed by atoms with Crippen LogP contribution in [0, 0.1) is 0 Å². The zero-order valence-corrected chi connectivity index (χ0v) is 8.01. The Morgan fingerprint density at radius 1 is 1.38 bits per heavy atom. The summed E-state index contributed by atoms with van der Waals surface area (Å²) in [6.07, 6.45) is 0. The Kier molecular flexibility index (Phi) is 2.97. The normalized spacial score (nSPS) is 14.5. The van der Waals surface area contributed by atoms with E-state index in [0.717, 1.165) is 0 Å². The van der Waals surface area contributed by atoms with E-state index in [1.54, 1.807) is 18.2 Å². The van der Waals surface area contributed by atoms with E-state index in [9.17, 15) is 9.00 Å². The maximum Gasteiger partial charge on any atom is 0.353 e. The molecule has 0 bridgehead atoms. The Bertz CT molecular complexity index is 396. The number of carbonyl (C=O) groups is 1. The first-order valence-electron chi connectivity index (χ1n) is 3.25. The second-order valence-corrected chi connectivity index (χ2v) is 4.45. The lowest BCUT2D eigenvalue weighted by Gasteiger charge is -2.00. The van der Waals surface area contributed by atoms with Crippen molar-refractivity contribution in [3.8, 4) is 0 Å². The zero-order chi connectivity index (χ0) is 9.90. The van der Waals surface area contributed by atoms with Crippen LogP contribution < -0.4 is 0 Å². The zero-order valence-electron chi connectivity index (χ0n) is 6.38. The molecule has 0 aliphatic rings. The lowest BCUT2D eigenvalue weighted by Crippen LogP contribution is -2.10. The fraction of sp³-hybridized carbons (Fsp3) is 0. The lowest BCUT2D eigenvalue weighted by atomic mass is 10.2. The molecule has 13 heavy (non-hydrogen) atoms. The smallest absolute Gasteiger partial charge is 0.341 e. The van der Waals surface area contributed by atoms with Gasteiger partial charge in [-0.1, -0.05) is 18.2 Å². The highest BCUT2D eigenvalue weighted by atomic mass is 32.9. The van der Waals surface area contributed by atoms with E-state index in [4.69, 9.17) is 4.55 Å². The largest absolute Gasteiger partial charge is 0.353 e. The minimum atomic E-state index is -3.89. The van der Waals surface area contributed by atoms with Crippen molar-refractivity contribution < 1.29 is 17.7 Å². The molecule has 0 fully saturated rings.